The van der Waals surface area contributed by atoms with Crippen molar-refractivity contribution in [2.75, 3.05) is 72.3 Å². The predicted molar refractivity (Wildman–Crippen MR) is 110 cm³/mol. The number of nitrogens with one attached hydrogen (secondary N) is 1. The number of piperazine rings is 1. The standard InChI is InChI=1S/C18H37N5O3S/c1-16(2)26-12-13-27(24,25)23-10-8-22(9-11-23)18(19-3)20-14-17-6-5-7-21(4)15-17/h16-17H,5-15H2,1-4H3,(H,19,20). The van der Waals surface area contributed by atoms with Gasteiger partial charge in [-0.3, -0.25) is 4.99 Å². The highest BCUT2D eigenvalue weighted by Crippen LogP contribution is 2.14. The Hall–Kier alpha value is -0.900. The van der Waals surface area contributed by atoms with E-state index in [-0.39, 0.29) is 18.5 Å². The fourth-order valence-corrected chi connectivity index (χ4v) is 4.99. The van der Waals surface area contributed by atoms with Crippen LogP contribution in [0, 0.1) is 5.92 Å². The second kappa shape index (κ2) is 10.6. The summed E-state index contributed by atoms with van der Waals surface area (Å²) in [6.07, 6.45) is 2.55. The van der Waals surface area contributed by atoms with E-state index in [2.05, 4.69) is 27.2 Å². The maximum Gasteiger partial charge on any atom is 0.216 e. The van der Waals surface area contributed by atoms with Gasteiger partial charge >= 0.3 is 0 Å². The van der Waals surface area contributed by atoms with Gasteiger partial charge in [-0.15, -0.1) is 0 Å². The number of hydrogen-bond acceptors (Lipinski definition) is 5. The van der Waals surface area contributed by atoms with Gasteiger partial charge in [0.2, 0.25) is 10.0 Å². The third kappa shape index (κ3) is 7.21. The van der Waals surface area contributed by atoms with E-state index in [4.69, 9.17) is 4.74 Å². The Labute approximate surface area is 165 Å². The number of aliphatic imine (C=N–C) groups is 1. The Morgan fingerprint density at radius 1 is 1.22 bits per heavy atom. The molecule has 1 atom stereocenters. The third-order valence-electron chi connectivity index (χ3n) is 5.21. The van der Waals surface area contributed by atoms with E-state index in [1.54, 1.807) is 11.4 Å². The first-order chi connectivity index (χ1) is 12.8. The second-order valence-corrected chi connectivity index (χ2v) is 9.91. The van der Waals surface area contributed by atoms with Crippen LogP contribution in [0.3, 0.4) is 0 Å². The van der Waals surface area contributed by atoms with Crippen molar-refractivity contribution in [1.82, 2.24) is 19.4 Å². The van der Waals surface area contributed by atoms with E-state index in [1.165, 1.54) is 19.4 Å². The van der Waals surface area contributed by atoms with Gasteiger partial charge in [-0.1, -0.05) is 0 Å². The molecule has 27 heavy (non-hydrogen) atoms. The van der Waals surface area contributed by atoms with Crippen molar-refractivity contribution in [3.63, 3.8) is 0 Å². The number of guanidine groups is 1. The summed E-state index contributed by atoms with van der Waals surface area (Å²) in [5.41, 5.74) is 0. The SMILES string of the molecule is CN=C(NCC1CCCN(C)C1)N1CCN(S(=O)(=O)CCOC(C)C)CC1. The highest BCUT2D eigenvalue weighted by Gasteiger charge is 2.28. The summed E-state index contributed by atoms with van der Waals surface area (Å²) < 4.78 is 31.9. The fraction of sp³-hybridized carbons (Fsp3) is 0.944. The predicted octanol–water partition coefficient (Wildman–Crippen LogP) is 0.276. The summed E-state index contributed by atoms with van der Waals surface area (Å²) in [4.78, 5) is 8.94. The maximum absolute atomic E-state index is 12.5. The molecule has 1 N–H and O–H groups in total. The van der Waals surface area contributed by atoms with Crippen LogP contribution in [0.25, 0.3) is 0 Å². The molecule has 0 aromatic carbocycles. The molecule has 0 aromatic heterocycles. The van der Waals surface area contributed by atoms with E-state index < -0.39 is 10.0 Å². The molecule has 8 nitrogen and oxygen atoms in total. The van der Waals surface area contributed by atoms with Crippen molar-refractivity contribution in [3.8, 4) is 0 Å². The molecule has 2 aliphatic rings. The Balaban J connectivity index is 1.77. The van der Waals surface area contributed by atoms with Crippen LogP contribution in [0.5, 0.6) is 0 Å². The van der Waals surface area contributed by atoms with Gasteiger partial charge in [-0.25, -0.2) is 8.42 Å². The molecule has 158 valence electrons. The van der Waals surface area contributed by atoms with Crippen molar-refractivity contribution >= 4 is 16.0 Å². The van der Waals surface area contributed by atoms with Crippen LogP contribution in [-0.2, 0) is 14.8 Å². The molecule has 0 amide bonds. The summed E-state index contributed by atoms with van der Waals surface area (Å²) in [6.45, 7) is 9.61. The average Bonchev–Trinajstić information content (AvgIpc) is 2.62. The van der Waals surface area contributed by atoms with Crippen molar-refractivity contribution < 1.29 is 13.2 Å². The molecule has 0 radical (unpaired) electrons. The van der Waals surface area contributed by atoms with Gasteiger partial charge in [0, 0.05) is 46.3 Å². The lowest BCUT2D eigenvalue weighted by molar-refractivity contribution is 0.0904. The van der Waals surface area contributed by atoms with E-state index >= 15 is 0 Å². The summed E-state index contributed by atoms with van der Waals surface area (Å²) in [6, 6.07) is 0. The minimum atomic E-state index is -3.25. The topological polar surface area (TPSA) is 77.5 Å². The molecule has 2 aliphatic heterocycles. The van der Waals surface area contributed by atoms with Crippen LogP contribution in [-0.4, -0.2) is 107 Å². The molecular weight excluding hydrogens is 366 g/mol. The Bertz CT molecular complexity index is 574. The van der Waals surface area contributed by atoms with Crippen molar-refractivity contribution in [3.05, 3.63) is 0 Å². The highest BCUT2D eigenvalue weighted by molar-refractivity contribution is 7.89. The van der Waals surface area contributed by atoms with Crippen molar-refractivity contribution in [1.29, 1.82) is 0 Å². The van der Waals surface area contributed by atoms with Crippen LogP contribution >= 0.6 is 0 Å². The van der Waals surface area contributed by atoms with E-state index in [1.807, 2.05) is 13.8 Å². The Morgan fingerprint density at radius 2 is 1.93 bits per heavy atom. The quantitative estimate of drug-likeness (QED) is 0.486. The van der Waals surface area contributed by atoms with E-state index in [0.717, 1.165) is 19.0 Å². The molecule has 1 unspecified atom stereocenters. The smallest absolute Gasteiger partial charge is 0.216 e. The molecule has 9 heteroatoms. The molecule has 2 fully saturated rings. The first kappa shape index (κ1) is 22.4. The van der Waals surface area contributed by atoms with Gasteiger partial charge in [0.25, 0.3) is 0 Å². The van der Waals surface area contributed by atoms with Gasteiger partial charge < -0.3 is 19.9 Å². The average molecular weight is 404 g/mol. The zero-order valence-electron chi connectivity index (χ0n) is 17.4. The summed E-state index contributed by atoms with van der Waals surface area (Å²) in [5, 5.41) is 3.49. The lowest BCUT2D eigenvalue weighted by Gasteiger charge is -2.37. The summed E-state index contributed by atoms with van der Waals surface area (Å²) >= 11 is 0. The molecule has 0 saturated carbocycles. The zero-order chi connectivity index (χ0) is 19.9. The van der Waals surface area contributed by atoms with Crippen LogP contribution in [0.2, 0.25) is 0 Å². The van der Waals surface area contributed by atoms with Gasteiger partial charge in [-0.05, 0) is 46.2 Å². The normalized spacial score (nSPS) is 23.8. The number of ether oxygens (including phenoxy) is 1. The lowest BCUT2D eigenvalue weighted by Crippen LogP contribution is -2.55. The number of likely N-dealkylation sites (tertiary alicyclic amines) is 1. The molecule has 2 rings (SSSR count). The van der Waals surface area contributed by atoms with E-state index in [0.29, 0.717) is 32.1 Å². The molecule has 0 aromatic rings. The largest absolute Gasteiger partial charge is 0.378 e. The minimum absolute atomic E-state index is 0.0490. The van der Waals surface area contributed by atoms with Gasteiger partial charge in [0.15, 0.2) is 5.96 Å². The Morgan fingerprint density at radius 3 is 2.52 bits per heavy atom. The van der Waals surface area contributed by atoms with Crippen molar-refractivity contribution in [2.24, 2.45) is 10.9 Å². The fourth-order valence-electron chi connectivity index (χ4n) is 3.70. The Kier molecular flexibility index (Phi) is 8.78. The number of piperidine rings is 1. The second-order valence-electron chi connectivity index (χ2n) is 7.82. The minimum Gasteiger partial charge on any atom is -0.378 e. The maximum atomic E-state index is 12.5. The molecule has 0 aliphatic carbocycles. The van der Waals surface area contributed by atoms with Crippen LogP contribution < -0.4 is 5.32 Å². The monoisotopic (exact) mass is 403 g/mol. The number of sulfonamides is 1. The van der Waals surface area contributed by atoms with E-state index in [9.17, 15) is 8.42 Å². The molecular formula is C18H37N5O3S. The van der Waals surface area contributed by atoms with Gasteiger partial charge in [0.1, 0.15) is 0 Å². The highest BCUT2D eigenvalue weighted by atomic mass is 32.2. The number of nitrogens with zero attached hydrogens (tertiary/aromatic N) is 4. The lowest BCUT2D eigenvalue weighted by atomic mass is 9.98. The zero-order valence-corrected chi connectivity index (χ0v) is 18.2. The summed E-state index contributed by atoms with van der Waals surface area (Å²) in [7, 11) is 0.712. The molecule has 0 bridgehead atoms. The van der Waals surface area contributed by atoms with Crippen LogP contribution in [0.4, 0.5) is 0 Å². The molecule has 2 saturated heterocycles. The third-order valence-corrected chi connectivity index (χ3v) is 7.04. The van der Waals surface area contributed by atoms with Crippen LogP contribution in [0.15, 0.2) is 4.99 Å². The molecule has 0 spiro atoms. The van der Waals surface area contributed by atoms with Crippen LogP contribution in [0.1, 0.15) is 26.7 Å². The first-order valence-electron chi connectivity index (χ1n) is 10.1. The van der Waals surface area contributed by atoms with Gasteiger partial charge in [-0.2, -0.15) is 4.31 Å². The number of rotatable bonds is 7. The molecule has 2 heterocycles. The number of hydrogen-bond donors (Lipinski definition) is 1. The first-order valence-corrected chi connectivity index (χ1v) is 11.7. The van der Waals surface area contributed by atoms with Crippen molar-refractivity contribution in [2.45, 2.75) is 32.8 Å². The summed E-state index contributed by atoms with van der Waals surface area (Å²) in [5.74, 6) is 1.57. The van der Waals surface area contributed by atoms with Gasteiger partial charge in [0.05, 0.1) is 18.5 Å².